The lowest BCUT2D eigenvalue weighted by molar-refractivity contribution is 0.0697. The molecule has 2 aromatic rings. The van der Waals surface area contributed by atoms with Gasteiger partial charge in [-0.25, -0.2) is 4.79 Å². The van der Waals surface area contributed by atoms with E-state index < -0.39 is 13.1 Å². The Kier molecular flexibility index (Phi) is 5.47. The molecule has 0 bridgehead atoms. The molecule has 0 saturated heterocycles. The third-order valence-electron chi connectivity index (χ3n) is 4.31. The van der Waals surface area contributed by atoms with Gasteiger partial charge in [0.2, 0.25) is 0 Å². The first-order chi connectivity index (χ1) is 12.3. The van der Waals surface area contributed by atoms with Crippen LogP contribution >= 0.6 is 30.3 Å². The largest absolute Gasteiger partial charge is 0.497 e. The molecule has 4 nitrogen and oxygen atoms in total. The van der Waals surface area contributed by atoms with Gasteiger partial charge < -0.3 is 14.4 Å². The smallest absolute Gasteiger partial charge is 0.338 e. The lowest BCUT2D eigenvalue weighted by Gasteiger charge is -2.15. The van der Waals surface area contributed by atoms with Crippen molar-refractivity contribution in [2.24, 2.45) is 0 Å². The summed E-state index contributed by atoms with van der Waals surface area (Å²) in [7, 11) is -1.19. The van der Waals surface area contributed by atoms with E-state index in [2.05, 4.69) is 0 Å². The van der Waals surface area contributed by atoms with Crippen LogP contribution in [0.15, 0.2) is 42.2 Å². The molecule has 3 rings (SSSR count). The van der Waals surface area contributed by atoms with Crippen LogP contribution in [0.5, 0.6) is 5.75 Å². The van der Waals surface area contributed by atoms with Crippen LogP contribution in [-0.2, 0) is 4.57 Å². The van der Waals surface area contributed by atoms with Crippen molar-refractivity contribution in [3.63, 3.8) is 0 Å². The van der Waals surface area contributed by atoms with Gasteiger partial charge in [-0.1, -0.05) is 41.4 Å². The van der Waals surface area contributed by atoms with Gasteiger partial charge in [-0.15, -0.1) is 0 Å². The summed E-state index contributed by atoms with van der Waals surface area (Å²) < 4.78 is 18.9. The molecule has 26 heavy (non-hydrogen) atoms. The number of hydrogen-bond acceptors (Lipinski definition) is 3. The highest BCUT2D eigenvalue weighted by Gasteiger charge is 2.40. The number of rotatable bonds is 6. The molecule has 7 heteroatoms. The number of halogens is 2. The minimum atomic E-state index is -2.76. The molecule has 1 fully saturated rings. The van der Waals surface area contributed by atoms with Gasteiger partial charge in [-0.3, -0.25) is 0 Å². The zero-order valence-electron chi connectivity index (χ0n) is 14.0. The summed E-state index contributed by atoms with van der Waals surface area (Å²) in [5.41, 5.74) is 0.590. The normalized spacial score (nSPS) is 16.4. The van der Waals surface area contributed by atoms with Crippen molar-refractivity contribution in [3.05, 3.63) is 63.4 Å². The molecule has 136 valence electrons. The first kappa shape index (κ1) is 19.0. The molecule has 1 atom stereocenters. The average Bonchev–Trinajstić information content (AvgIpc) is 3.44. The van der Waals surface area contributed by atoms with E-state index in [-0.39, 0.29) is 21.3 Å². The summed E-state index contributed by atoms with van der Waals surface area (Å²) in [4.78, 5) is 11.2. The molecule has 0 aromatic heterocycles. The number of carboxylic acids is 1. The molecule has 2 aromatic carbocycles. The number of carboxylic acid groups (broad SMARTS) is 1. The zero-order chi connectivity index (χ0) is 18.9. The molecule has 0 aliphatic heterocycles. The van der Waals surface area contributed by atoms with E-state index >= 15 is 0 Å². The van der Waals surface area contributed by atoms with Crippen molar-refractivity contribution in [1.82, 2.24) is 0 Å². The fourth-order valence-corrected chi connectivity index (χ4v) is 6.26. The minimum absolute atomic E-state index is 0.0484. The summed E-state index contributed by atoms with van der Waals surface area (Å²) in [6.45, 7) is 0. The predicted octanol–water partition coefficient (Wildman–Crippen LogP) is 5.52. The van der Waals surface area contributed by atoms with E-state index in [0.717, 1.165) is 18.1 Å². The molecular formula is C19H17Cl2O4P. The molecule has 0 radical (unpaired) electrons. The maximum Gasteiger partial charge on any atom is 0.338 e. The van der Waals surface area contributed by atoms with Crippen molar-refractivity contribution >= 4 is 47.7 Å². The van der Waals surface area contributed by atoms with E-state index in [1.165, 1.54) is 12.1 Å². The second kappa shape index (κ2) is 7.48. The quantitative estimate of drug-likeness (QED) is 0.636. The van der Waals surface area contributed by atoms with Crippen molar-refractivity contribution in [2.75, 3.05) is 7.11 Å². The summed E-state index contributed by atoms with van der Waals surface area (Å²) in [5, 5.41) is 9.97. The first-order valence-corrected chi connectivity index (χ1v) is 10.6. The molecule has 1 N–H and O–H groups in total. The highest BCUT2D eigenvalue weighted by atomic mass is 35.5. The highest BCUT2D eigenvalue weighted by molar-refractivity contribution is 7.75. The van der Waals surface area contributed by atoms with Crippen LogP contribution in [0.3, 0.4) is 0 Å². The van der Waals surface area contributed by atoms with Gasteiger partial charge >= 0.3 is 5.97 Å². The maximum absolute atomic E-state index is 13.7. The maximum atomic E-state index is 13.7. The van der Waals surface area contributed by atoms with Gasteiger partial charge in [0.25, 0.3) is 0 Å². The highest BCUT2D eigenvalue weighted by Crippen LogP contribution is 2.61. The number of aromatic carboxylic acids is 1. The number of carbonyl (C=O) groups is 1. The Morgan fingerprint density at radius 3 is 2.42 bits per heavy atom. The molecule has 1 saturated carbocycles. The topological polar surface area (TPSA) is 63.6 Å². The zero-order valence-corrected chi connectivity index (χ0v) is 16.4. The summed E-state index contributed by atoms with van der Waals surface area (Å²) in [6.07, 6.45) is 3.53. The molecule has 0 amide bonds. The third kappa shape index (κ3) is 3.83. The lowest BCUT2D eigenvalue weighted by Crippen LogP contribution is -2.07. The Morgan fingerprint density at radius 1 is 1.23 bits per heavy atom. The van der Waals surface area contributed by atoms with Crippen LogP contribution in [0.2, 0.25) is 10.0 Å². The van der Waals surface area contributed by atoms with Crippen molar-refractivity contribution in [2.45, 2.75) is 18.5 Å². The number of hydrogen-bond donors (Lipinski definition) is 1. The van der Waals surface area contributed by atoms with Crippen LogP contribution in [0.1, 0.15) is 28.8 Å². The van der Waals surface area contributed by atoms with Crippen molar-refractivity contribution in [1.29, 1.82) is 0 Å². The van der Waals surface area contributed by atoms with E-state index in [9.17, 15) is 9.36 Å². The SMILES string of the molecule is COc1cccc(P(=O)(/C=C/c2cc(Cl)c(C(=O)O)c(Cl)c2)C2CC2)c1. The van der Waals surface area contributed by atoms with E-state index in [4.69, 9.17) is 33.0 Å². The number of benzene rings is 2. The van der Waals surface area contributed by atoms with Crippen LogP contribution in [0.25, 0.3) is 6.08 Å². The van der Waals surface area contributed by atoms with Gasteiger partial charge in [-0.2, -0.15) is 0 Å². The molecule has 0 spiro atoms. The van der Waals surface area contributed by atoms with Gasteiger partial charge in [0.1, 0.15) is 12.9 Å². The number of methoxy groups -OCH3 is 1. The third-order valence-corrected chi connectivity index (χ3v) is 8.19. The lowest BCUT2D eigenvalue weighted by atomic mass is 10.1. The van der Waals surface area contributed by atoms with Crippen LogP contribution in [-0.4, -0.2) is 23.8 Å². The Labute approximate surface area is 161 Å². The van der Waals surface area contributed by atoms with Gasteiger partial charge in [0.05, 0.1) is 22.7 Å². The van der Waals surface area contributed by atoms with Gasteiger partial charge in [0.15, 0.2) is 0 Å². The molecule has 1 aliphatic rings. The average molecular weight is 411 g/mol. The van der Waals surface area contributed by atoms with Crippen LogP contribution < -0.4 is 10.0 Å². The van der Waals surface area contributed by atoms with Crippen molar-refractivity contribution in [3.8, 4) is 5.75 Å². The van der Waals surface area contributed by atoms with Crippen LogP contribution in [0.4, 0.5) is 0 Å². The number of ether oxygens (including phenoxy) is 1. The minimum Gasteiger partial charge on any atom is -0.497 e. The second-order valence-electron chi connectivity index (χ2n) is 6.12. The standard InChI is InChI=1S/C19H17Cl2O4P/c1-25-13-3-2-4-15(11-13)26(24,14-5-6-14)8-7-12-9-16(20)18(19(22)23)17(21)10-12/h2-4,7-11,14H,5-6H2,1H3,(H,22,23)/b8-7+. The second-order valence-corrected chi connectivity index (χ2v) is 9.90. The van der Waals surface area contributed by atoms with Gasteiger partial charge in [-0.05, 0) is 48.5 Å². The summed E-state index contributed by atoms with van der Waals surface area (Å²) >= 11 is 12.1. The molecule has 0 heterocycles. The van der Waals surface area contributed by atoms with Crippen molar-refractivity contribution < 1.29 is 19.2 Å². The Balaban J connectivity index is 1.98. The Bertz CT molecular complexity index is 912. The first-order valence-electron chi connectivity index (χ1n) is 8.01. The Hall–Kier alpha value is -1.74. The fourth-order valence-electron chi connectivity index (χ4n) is 2.79. The Morgan fingerprint density at radius 2 is 1.88 bits per heavy atom. The van der Waals surface area contributed by atoms with Gasteiger partial charge in [0, 0.05) is 11.0 Å². The molecular weight excluding hydrogens is 394 g/mol. The summed E-state index contributed by atoms with van der Waals surface area (Å²) in [5.74, 6) is 1.19. The fraction of sp³-hybridized carbons (Fsp3) is 0.211. The van der Waals surface area contributed by atoms with E-state index in [1.54, 1.807) is 25.1 Å². The monoisotopic (exact) mass is 410 g/mol. The molecule has 1 unspecified atom stereocenters. The summed E-state index contributed by atoms with van der Waals surface area (Å²) in [6, 6.07) is 10.3. The predicted molar refractivity (Wildman–Crippen MR) is 106 cm³/mol. The molecule has 1 aliphatic carbocycles. The van der Waals surface area contributed by atoms with E-state index in [1.807, 2.05) is 18.2 Å². The van der Waals surface area contributed by atoms with Crippen LogP contribution in [0, 0.1) is 0 Å². The van der Waals surface area contributed by atoms with E-state index in [0.29, 0.717) is 11.3 Å².